The standard InChI is InChI=1S/C18H12ClN3O3S/c19-12-7-9-13(10-8-12)26(23,24)22-15-5-2-1-4-14(15)18-21-17-16(25-18)6-3-11-20-17/h1-11,22H. The van der Waals surface area contributed by atoms with Gasteiger partial charge in [0.1, 0.15) is 0 Å². The molecule has 4 rings (SSSR count). The highest BCUT2D eigenvalue weighted by Gasteiger charge is 2.19. The Hall–Kier alpha value is -2.90. The summed E-state index contributed by atoms with van der Waals surface area (Å²) in [5.74, 6) is 0.285. The van der Waals surface area contributed by atoms with Crippen molar-refractivity contribution in [1.29, 1.82) is 0 Å². The first-order valence-electron chi connectivity index (χ1n) is 7.62. The largest absolute Gasteiger partial charge is 0.434 e. The smallest absolute Gasteiger partial charge is 0.261 e. The number of pyridine rings is 1. The van der Waals surface area contributed by atoms with E-state index >= 15 is 0 Å². The summed E-state index contributed by atoms with van der Waals surface area (Å²) in [5, 5.41) is 0.461. The van der Waals surface area contributed by atoms with Gasteiger partial charge in [-0.25, -0.2) is 13.4 Å². The Labute approximate surface area is 154 Å². The molecular formula is C18H12ClN3O3S. The number of benzene rings is 2. The Morgan fingerprint density at radius 1 is 0.962 bits per heavy atom. The lowest BCUT2D eigenvalue weighted by molar-refractivity contribution is 0.601. The maximum Gasteiger partial charge on any atom is 0.261 e. The molecule has 0 amide bonds. The summed E-state index contributed by atoms with van der Waals surface area (Å²) in [7, 11) is -3.78. The minimum absolute atomic E-state index is 0.107. The Morgan fingerprint density at radius 2 is 1.73 bits per heavy atom. The highest BCUT2D eigenvalue weighted by atomic mass is 35.5. The zero-order valence-electron chi connectivity index (χ0n) is 13.3. The molecule has 0 aliphatic rings. The minimum atomic E-state index is -3.78. The van der Waals surface area contributed by atoms with Crippen molar-refractivity contribution in [2.75, 3.05) is 4.72 Å². The fourth-order valence-electron chi connectivity index (χ4n) is 2.46. The summed E-state index contributed by atoms with van der Waals surface area (Å²) in [6, 6.07) is 16.3. The van der Waals surface area contributed by atoms with Gasteiger partial charge < -0.3 is 4.42 Å². The van der Waals surface area contributed by atoms with Crippen molar-refractivity contribution in [3.05, 3.63) is 71.9 Å². The molecular weight excluding hydrogens is 374 g/mol. The van der Waals surface area contributed by atoms with Gasteiger partial charge in [-0.3, -0.25) is 4.72 Å². The lowest BCUT2D eigenvalue weighted by Gasteiger charge is -2.11. The fourth-order valence-corrected chi connectivity index (χ4v) is 3.67. The first-order valence-corrected chi connectivity index (χ1v) is 9.48. The topological polar surface area (TPSA) is 85.1 Å². The van der Waals surface area contributed by atoms with E-state index in [1.165, 1.54) is 24.3 Å². The van der Waals surface area contributed by atoms with Crippen molar-refractivity contribution in [1.82, 2.24) is 9.97 Å². The third-order valence-electron chi connectivity index (χ3n) is 3.69. The number of nitrogens with one attached hydrogen (secondary N) is 1. The molecule has 8 heteroatoms. The number of para-hydroxylation sites is 1. The first kappa shape index (κ1) is 16.6. The molecule has 0 bridgehead atoms. The Kier molecular flexibility index (Phi) is 4.10. The van der Waals surface area contributed by atoms with Crippen LogP contribution in [0.1, 0.15) is 0 Å². The summed E-state index contributed by atoms with van der Waals surface area (Å²) in [6.07, 6.45) is 1.61. The monoisotopic (exact) mass is 385 g/mol. The lowest BCUT2D eigenvalue weighted by Crippen LogP contribution is -2.13. The van der Waals surface area contributed by atoms with E-state index in [-0.39, 0.29) is 10.8 Å². The van der Waals surface area contributed by atoms with E-state index in [9.17, 15) is 8.42 Å². The van der Waals surface area contributed by atoms with Crippen LogP contribution in [-0.4, -0.2) is 18.4 Å². The molecule has 0 radical (unpaired) electrons. The number of rotatable bonds is 4. The van der Waals surface area contributed by atoms with Gasteiger partial charge in [0.2, 0.25) is 5.89 Å². The number of nitrogens with zero attached hydrogens (tertiary/aromatic N) is 2. The number of anilines is 1. The van der Waals surface area contributed by atoms with Crippen molar-refractivity contribution in [3.63, 3.8) is 0 Å². The number of aromatic nitrogens is 2. The van der Waals surface area contributed by atoms with Crippen LogP contribution >= 0.6 is 11.6 Å². The van der Waals surface area contributed by atoms with E-state index in [1.54, 1.807) is 42.6 Å². The van der Waals surface area contributed by atoms with Gasteiger partial charge >= 0.3 is 0 Å². The number of fused-ring (bicyclic) bond motifs is 1. The van der Waals surface area contributed by atoms with Crippen LogP contribution in [0.3, 0.4) is 0 Å². The molecule has 0 saturated carbocycles. The van der Waals surface area contributed by atoms with Crippen LogP contribution in [0, 0.1) is 0 Å². The van der Waals surface area contributed by atoms with Crippen molar-refractivity contribution in [2.24, 2.45) is 0 Å². The molecule has 2 aromatic heterocycles. The van der Waals surface area contributed by atoms with Crippen LogP contribution in [0.5, 0.6) is 0 Å². The number of sulfonamides is 1. The fraction of sp³-hybridized carbons (Fsp3) is 0. The van der Waals surface area contributed by atoms with Gasteiger partial charge in [-0.05, 0) is 48.5 Å². The Balaban J connectivity index is 1.75. The van der Waals surface area contributed by atoms with Crippen molar-refractivity contribution in [3.8, 4) is 11.5 Å². The molecule has 0 aliphatic carbocycles. The zero-order chi connectivity index (χ0) is 18.1. The Morgan fingerprint density at radius 3 is 2.50 bits per heavy atom. The van der Waals surface area contributed by atoms with E-state index in [1.807, 2.05) is 0 Å². The van der Waals surface area contributed by atoms with E-state index in [0.29, 0.717) is 27.5 Å². The quantitative estimate of drug-likeness (QED) is 0.564. The number of oxazole rings is 1. The lowest BCUT2D eigenvalue weighted by atomic mass is 10.2. The number of halogens is 1. The second-order valence-corrected chi connectivity index (χ2v) is 7.57. The summed E-state index contributed by atoms with van der Waals surface area (Å²) in [5.41, 5.74) is 1.85. The molecule has 6 nitrogen and oxygen atoms in total. The number of hydrogen-bond donors (Lipinski definition) is 1. The van der Waals surface area contributed by atoms with Crippen molar-refractivity contribution < 1.29 is 12.8 Å². The third kappa shape index (κ3) is 3.14. The first-order chi connectivity index (χ1) is 12.5. The molecule has 1 N–H and O–H groups in total. The molecule has 0 spiro atoms. The molecule has 0 fully saturated rings. The normalized spacial score (nSPS) is 11.6. The van der Waals surface area contributed by atoms with E-state index in [4.69, 9.17) is 16.0 Å². The van der Waals surface area contributed by atoms with Gasteiger partial charge in [0.05, 0.1) is 16.1 Å². The van der Waals surface area contributed by atoms with Gasteiger partial charge in [0.25, 0.3) is 10.0 Å². The van der Waals surface area contributed by atoms with Crippen LogP contribution < -0.4 is 4.72 Å². The molecule has 2 heterocycles. The van der Waals surface area contributed by atoms with Crippen LogP contribution in [0.15, 0.2) is 76.2 Å². The molecule has 26 heavy (non-hydrogen) atoms. The van der Waals surface area contributed by atoms with Crippen LogP contribution in [-0.2, 0) is 10.0 Å². The van der Waals surface area contributed by atoms with Gasteiger partial charge in [0, 0.05) is 11.2 Å². The Bertz CT molecular complexity index is 1150. The summed E-state index contributed by atoms with van der Waals surface area (Å²) >= 11 is 5.82. The highest BCUT2D eigenvalue weighted by molar-refractivity contribution is 7.92. The molecule has 0 aliphatic heterocycles. The van der Waals surface area contributed by atoms with Crippen molar-refractivity contribution in [2.45, 2.75) is 4.90 Å². The molecule has 4 aromatic rings. The van der Waals surface area contributed by atoms with E-state index < -0.39 is 10.0 Å². The predicted octanol–water partition coefficient (Wildman–Crippen LogP) is 4.34. The van der Waals surface area contributed by atoms with Crippen molar-refractivity contribution >= 4 is 38.5 Å². The van der Waals surface area contributed by atoms with Gasteiger partial charge in [-0.15, -0.1) is 0 Å². The van der Waals surface area contributed by atoms with Crippen LogP contribution in [0.4, 0.5) is 5.69 Å². The summed E-state index contributed by atoms with van der Waals surface area (Å²) < 4.78 is 33.6. The third-order valence-corrected chi connectivity index (χ3v) is 5.32. The second-order valence-electron chi connectivity index (χ2n) is 5.45. The average molecular weight is 386 g/mol. The van der Waals surface area contributed by atoms with Crippen LogP contribution in [0.25, 0.3) is 22.7 Å². The molecule has 2 aromatic carbocycles. The van der Waals surface area contributed by atoms with Gasteiger partial charge in [0.15, 0.2) is 11.2 Å². The van der Waals surface area contributed by atoms with Crippen LogP contribution in [0.2, 0.25) is 5.02 Å². The average Bonchev–Trinajstić information content (AvgIpc) is 3.06. The highest BCUT2D eigenvalue weighted by Crippen LogP contribution is 2.31. The molecule has 0 unspecified atom stereocenters. The summed E-state index contributed by atoms with van der Waals surface area (Å²) in [6.45, 7) is 0. The molecule has 0 saturated heterocycles. The maximum absolute atomic E-state index is 12.7. The zero-order valence-corrected chi connectivity index (χ0v) is 14.8. The molecule has 0 atom stereocenters. The number of hydrogen-bond acceptors (Lipinski definition) is 5. The predicted molar refractivity (Wildman–Crippen MR) is 99.5 cm³/mol. The molecule has 130 valence electrons. The van der Waals surface area contributed by atoms with E-state index in [0.717, 1.165) is 0 Å². The second kappa shape index (κ2) is 6.44. The van der Waals surface area contributed by atoms with Gasteiger partial charge in [-0.2, -0.15) is 4.98 Å². The maximum atomic E-state index is 12.7. The minimum Gasteiger partial charge on any atom is -0.434 e. The summed E-state index contributed by atoms with van der Waals surface area (Å²) in [4.78, 5) is 8.57. The van der Waals surface area contributed by atoms with E-state index in [2.05, 4.69) is 14.7 Å². The SMILES string of the molecule is O=S(=O)(Nc1ccccc1-c1nc2ncccc2o1)c1ccc(Cl)cc1. The van der Waals surface area contributed by atoms with Gasteiger partial charge in [-0.1, -0.05) is 23.7 Å².